The molecule has 0 radical (unpaired) electrons. The van der Waals surface area contributed by atoms with Crippen LogP contribution in [0.2, 0.25) is 10.0 Å². The van der Waals surface area contributed by atoms with Crippen molar-refractivity contribution in [1.29, 1.82) is 0 Å². The SMILES string of the molecule is CCC(C(=O)NC1CCCC1)N(Cc1ccc(Cl)cc1Cl)C(=O)CN(c1ccc(C)cc1C)S(=O)(=O)c1ccccc1. The van der Waals surface area contributed by atoms with Gasteiger partial charge in [0.05, 0.1) is 10.6 Å². The van der Waals surface area contributed by atoms with Crippen LogP contribution in [-0.4, -0.2) is 43.8 Å². The average molecular weight is 631 g/mol. The molecule has 2 amide bonds. The summed E-state index contributed by atoms with van der Waals surface area (Å²) in [7, 11) is -4.13. The fourth-order valence-electron chi connectivity index (χ4n) is 5.44. The first-order valence-corrected chi connectivity index (χ1v) is 16.4. The van der Waals surface area contributed by atoms with Crippen LogP contribution < -0.4 is 9.62 Å². The molecule has 0 aromatic heterocycles. The van der Waals surface area contributed by atoms with Crippen molar-refractivity contribution in [3.05, 3.63) is 93.5 Å². The van der Waals surface area contributed by atoms with Gasteiger partial charge < -0.3 is 10.2 Å². The van der Waals surface area contributed by atoms with Crippen LogP contribution in [0.1, 0.15) is 55.7 Å². The largest absolute Gasteiger partial charge is 0.352 e. The molecule has 1 atom stereocenters. The third kappa shape index (κ3) is 7.46. The average Bonchev–Trinajstić information content (AvgIpc) is 3.46. The van der Waals surface area contributed by atoms with Crippen LogP contribution in [0.3, 0.4) is 0 Å². The summed E-state index contributed by atoms with van der Waals surface area (Å²) in [5.74, 6) is -0.777. The Morgan fingerprint density at radius 1 is 0.976 bits per heavy atom. The predicted molar refractivity (Wildman–Crippen MR) is 168 cm³/mol. The lowest BCUT2D eigenvalue weighted by atomic mass is 10.1. The number of carbonyl (C=O) groups excluding carboxylic acids is 2. The van der Waals surface area contributed by atoms with Gasteiger partial charge in [-0.2, -0.15) is 0 Å². The van der Waals surface area contributed by atoms with E-state index in [0.717, 1.165) is 35.6 Å². The van der Waals surface area contributed by atoms with E-state index in [4.69, 9.17) is 23.2 Å². The summed E-state index contributed by atoms with van der Waals surface area (Å²) in [4.78, 5) is 29.4. The number of nitrogens with one attached hydrogen (secondary N) is 1. The molecule has 1 fully saturated rings. The molecule has 0 aliphatic heterocycles. The van der Waals surface area contributed by atoms with Gasteiger partial charge in [0.1, 0.15) is 12.6 Å². The molecule has 1 aliphatic carbocycles. The maximum Gasteiger partial charge on any atom is 0.264 e. The number of rotatable bonds is 11. The predicted octanol–water partition coefficient (Wildman–Crippen LogP) is 6.67. The number of anilines is 1. The fraction of sp³-hybridized carbons (Fsp3) is 0.375. The van der Waals surface area contributed by atoms with Gasteiger partial charge in [0.25, 0.3) is 10.0 Å². The third-order valence-electron chi connectivity index (χ3n) is 7.67. The first-order valence-electron chi connectivity index (χ1n) is 14.2. The summed E-state index contributed by atoms with van der Waals surface area (Å²) in [6.07, 6.45) is 4.23. The molecular formula is C32H37Cl2N3O4S. The van der Waals surface area contributed by atoms with Gasteiger partial charge >= 0.3 is 0 Å². The Kier molecular flexibility index (Phi) is 10.6. The molecular weight excluding hydrogens is 593 g/mol. The lowest BCUT2D eigenvalue weighted by molar-refractivity contribution is -0.140. The van der Waals surface area contributed by atoms with Gasteiger partial charge in [0, 0.05) is 22.6 Å². The van der Waals surface area contributed by atoms with Crippen LogP contribution in [-0.2, 0) is 26.2 Å². The molecule has 0 spiro atoms. The summed E-state index contributed by atoms with van der Waals surface area (Å²) in [6.45, 7) is 5.09. The monoisotopic (exact) mass is 629 g/mol. The second-order valence-electron chi connectivity index (χ2n) is 10.8. The lowest BCUT2D eigenvalue weighted by Crippen LogP contribution is -2.53. The standard InChI is InChI=1S/C32H37Cl2N3O4S/c1-4-29(32(39)35-26-10-8-9-11-26)36(20-24-15-16-25(33)19-28(24)34)31(38)21-37(30-17-14-22(2)18-23(30)3)42(40,41)27-12-6-5-7-13-27/h5-7,12-19,26,29H,4,8-11,20-21H2,1-3H3,(H,35,39). The summed E-state index contributed by atoms with van der Waals surface area (Å²) < 4.78 is 29.2. The van der Waals surface area contributed by atoms with E-state index in [0.29, 0.717) is 33.3 Å². The quantitative estimate of drug-likeness (QED) is 0.256. The highest BCUT2D eigenvalue weighted by Gasteiger charge is 2.35. The van der Waals surface area contributed by atoms with Crippen LogP contribution in [0.15, 0.2) is 71.6 Å². The van der Waals surface area contributed by atoms with Crippen molar-refractivity contribution in [3.63, 3.8) is 0 Å². The minimum atomic E-state index is -4.13. The first-order chi connectivity index (χ1) is 20.0. The normalized spacial score (nSPS) is 14.4. The zero-order chi connectivity index (χ0) is 30.4. The second kappa shape index (κ2) is 13.9. The van der Waals surface area contributed by atoms with Gasteiger partial charge in [-0.1, -0.05) is 84.9 Å². The van der Waals surface area contributed by atoms with E-state index < -0.39 is 28.5 Å². The Morgan fingerprint density at radius 2 is 1.67 bits per heavy atom. The molecule has 10 heteroatoms. The highest BCUT2D eigenvalue weighted by molar-refractivity contribution is 7.92. The molecule has 3 aromatic rings. The zero-order valence-electron chi connectivity index (χ0n) is 24.1. The smallest absolute Gasteiger partial charge is 0.264 e. The van der Waals surface area contributed by atoms with Gasteiger partial charge in [0.15, 0.2) is 0 Å². The number of carbonyl (C=O) groups is 2. The number of benzene rings is 3. The fourth-order valence-corrected chi connectivity index (χ4v) is 7.41. The third-order valence-corrected chi connectivity index (χ3v) is 10.0. The van der Waals surface area contributed by atoms with Crippen molar-refractivity contribution in [3.8, 4) is 0 Å². The highest BCUT2D eigenvalue weighted by Crippen LogP contribution is 2.29. The minimum Gasteiger partial charge on any atom is -0.352 e. The molecule has 7 nitrogen and oxygen atoms in total. The van der Waals surface area contributed by atoms with Crippen molar-refractivity contribution in [2.24, 2.45) is 0 Å². The van der Waals surface area contributed by atoms with E-state index in [1.165, 1.54) is 17.0 Å². The molecule has 1 saturated carbocycles. The van der Waals surface area contributed by atoms with E-state index in [-0.39, 0.29) is 23.4 Å². The van der Waals surface area contributed by atoms with E-state index in [1.807, 2.05) is 32.9 Å². The van der Waals surface area contributed by atoms with Crippen LogP contribution in [0, 0.1) is 13.8 Å². The molecule has 0 bridgehead atoms. The summed E-state index contributed by atoms with van der Waals surface area (Å²) in [5, 5.41) is 3.92. The number of sulfonamides is 1. The topological polar surface area (TPSA) is 86.8 Å². The molecule has 3 aromatic carbocycles. The molecule has 224 valence electrons. The zero-order valence-corrected chi connectivity index (χ0v) is 26.5. The van der Waals surface area contributed by atoms with E-state index in [2.05, 4.69) is 5.32 Å². The van der Waals surface area contributed by atoms with Crippen molar-refractivity contribution in [2.75, 3.05) is 10.8 Å². The van der Waals surface area contributed by atoms with Gasteiger partial charge in [-0.25, -0.2) is 8.42 Å². The Hall–Kier alpha value is -3.07. The molecule has 0 heterocycles. The van der Waals surface area contributed by atoms with Crippen LogP contribution in [0.25, 0.3) is 0 Å². The Labute approximate surface area is 258 Å². The summed E-state index contributed by atoms with van der Waals surface area (Å²) in [5.41, 5.74) is 2.67. The van der Waals surface area contributed by atoms with E-state index in [1.54, 1.807) is 42.5 Å². The number of hydrogen-bond acceptors (Lipinski definition) is 4. The molecule has 1 N–H and O–H groups in total. The second-order valence-corrected chi connectivity index (χ2v) is 13.5. The van der Waals surface area contributed by atoms with Crippen molar-refractivity contribution < 1.29 is 18.0 Å². The lowest BCUT2D eigenvalue weighted by Gasteiger charge is -2.34. The number of nitrogens with zero attached hydrogens (tertiary/aromatic N) is 2. The highest BCUT2D eigenvalue weighted by atomic mass is 35.5. The molecule has 1 aliphatic rings. The Balaban J connectivity index is 1.75. The number of halogens is 2. The minimum absolute atomic E-state index is 0.0114. The number of aryl methyl sites for hydroxylation is 2. The van der Waals surface area contributed by atoms with Gasteiger partial charge in [-0.05, 0) is 74.6 Å². The maximum absolute atomic E-state index is 14.3. The maximum atomic E-state index is 14.3. The van der Waals surface area contributed by atoms with Crippen LogP contribution in [0.4, 0.5) is 5.69 Å². The molecule has 42 heavy (non-hydrogen) atoms. The van der Waals surface area contributed by atoms with Crippen LogP contribution in [0.5, 0.6) is 0 Å². The number of amides is 2. The Bertz CT molecular complexity index is 1530. The Morgan fingerprint density at radius 3 is 2.29 bits per heavy atom. The summed E-state index contributed by atoms with van der Waals surface area (Å²) in [6, 6.07) is 17.6. The van der Waals surface area contributed by atoms with E-state index in [9.17, 15) is 18.0 Å². The van der Waals surface area contributed by atoms with Gasteiger partial charge in [0.2, 0.25) is 11.8 Å². The molecule has 1 unspecified atom stereocenters. The van der Waals surface area contributed by atoms with E-state index >= 15 is 0 Å². The van der Waals surface area contributed by atoms with Crippen molar-refractivity contribution >= 4 is 50.7 Å². The van der Waals surface area contributed by atoms with Crippen molar-refractivity contribution in [2.45, 2.75) is 76.4 Å². The first kappa shape index (κ1) is 31.9. The van der Waals surface area contributed by atoms with Gasteiger partial charge in [-0.15, -0.1) is 0 Å². The molecule has 4 rings (SSSR count). The number of hydrogen-bond donors (Lipinski definition) is 1. The summed E-state index contributed by atoms with van der Waals surface area (Å²) >= 11 is 12.6. The molecule has 0 saturated heterocycles. The van der Waals surface area contributed by atoms with Gasteiger partial charge in [-0.3, -0.25) is 13.9 Å². The van der Waals surface area contributed by atoms with Crippen molar-refractivity contribution in [1.82, 2.24) is 10.2 Å². The van der Waals surface area contributed by atoms with Crippen LogP contribution >= 0.6 is 23.2 Å².